The molecule has 0 radical (unpaired) electrons. The van der Waals surface area contributed by atoms with Crippen LogP contribution >= 0.6 is 23.1 Å². The fourth-order valence-corrected chi connectivity index (χ4v) is 3.69. The van der Waals surface area contributed by atoms with Crippen molar-refractivity contribution in [2.45, 2.75) is 56.0 Å². The van der Waals surface area contributed by atoms with Crippen molar-refractivity contribution in [2.75, 3.05) is 5.75 Å². The maximum atomic E-state index is 11.5. The molecule has 1 heterocycles. The molecule has 108 valence electrons. The molecule has 1 rings (SSSR count). The summed E-state index contributed by atoms with van der Waals surface area (Å²) < 4.78 is 1.05. The Hall–Kier alpha value is -0.590. The van der Waals surface area contributed by atoms with Crippen molar-refractivity contribution in [3.05, 3.63) is 11.6 Å². The second-order valence-electron chi connectivity index (χ2n) is 4.79. The van der Waals surface area contributed by atoms with Crippen molar-refractivity contribution in [3.63, 3.8) is 0 Å². The minimum atomic E-state index is -0.794. The third-order valence-corrected chi connectivity index (χ3v) is 5.01. The molecular formula is C13H22N2O2S2. The molecule has 2 N–H and O–H groups in total. The number of aromatic nitrogens is 1. The molecular weight excluding hydrogens is 280 g/mol. The van der Waals surface area contributed by atoms with Crippen LogP contribution in [0.15, 0.2) is 15.9 Å². The van der Waals surface area contributed by atoms with Crippen LogP contribution in [0.3, 0.4) is 0 Å². The average Bonchev–Trinajstić information content (AvgIpc) is 2.85. The van der Waals surface area contributed by atoms with Crippen molar-refractivity contribution in [1.82, 2.24) is 10.3 Å². The predicted octanol–water partition coefficient (Wildman–Crippen LogP) is 3.25. The van der Waals surface area contributed by atoms with Gasteiger partial charge < -0.3 is 5.11 Å². The van der Waals surface area contributed by atoms with Crippen LogP contribution in [0.25, 0.3) is 0 Å². The molecule has 0 amide bonds. The Bertz CT molecular complexity index is 382. The van der Waals surface area contributed by atoms with Crippen molar-refractivity contribution in [2.24, 2.45) is 0 Å². The molecule has 0 saturated heterocycles. The van der Waals surface area contributed by atoms with Gasteiger partial charge in [-0.25, -0.2) is 4.98 Å². The van der Waals surface area contributed by atoms with Crippen LogP contribution in [0.5, 0.6) is 0 Å². The molecule has 0 saturated carbocycles. The van der Waals surface area contributed by atoms with E-state index >= 15 is 0 Å². The first-order chi connectivity index (χ1) is 9.00. The van der Waals surface area contributed by atoms with Crippen LogP contribution in [0.1, 0.15) is 40.0 Å². The highest BCUT2D eigenvalue weighted by Gasteiger charge is 2.36. The van der Waals surface area contributed by atoms with Crippen LogP contribution < -0.4 is 5.32 Å². The lowest BCUT2D eigenvalue weighted by molar-refractivity contribution is -0.145. The second kappa shape index (κ2) is 7.87. The lowest BCUT2D eigenvalue weighted by Crippen LogP contribution is -2.54. The van der Waals surface area contributed by atoms with E-state index in [1.807, 2.05) is 26.2 Å². The first-order valence-electron chi connectivity index (χ1n) is 6.53. The van der Waals surface area contributed by atoms with Crippen molar-refractivity contribution >= 4 is 29.1 Å². The first-order valence-corrected chi connectivity index (χ1v) is 8.40. The van der Waals surface area contributed by atoms with E-state index in [0.717, 1.165) is 16.5 Å². The van der Waals surface area contributed by atoms with E-state index in [0.29, 0.717) is 12.8 Å². The summed E-state index contributed by atoms with van der Waals surface area (Å²) in [6.45, 7) is 5.90. The third-order valence-electron chi connectivity index (χ3n) is 2.96. The molecule has 4 nitrogen and oxygen atoms in total. The maximum absolute atomic E-state index is 11.5. The highest BCUT2D eigenvalue weighted by molar-refractivity contribution is 8.00. The zero-order valence-corrected chi connectivity index (χ0v) is 13.3. The van der Waals surface area contributed by atoms with E-state index in [1.165, 1.54) is 0 Å². The third kappa shape index (κ3) is 5.12. The van der Waals surface area contributed by atoms with E-state index in [2.05, 4.69) is 10.3 Å². The molecule has 0 aromatic carbocycles. The molecule has 1 unspecified atom stereocenters. The van der Waals surface area contributed by atoms with Gasteiger partial charge in [-0.15, -0.1) is 11.3 Å². The summed E-state index contributed by atoms with van der Waals surface area (Å²) in [5.74, 6) is 0.158. The van der Waals surface area contributed by atoms with Gasteiger partial charge in [0.25, 0.3) is 0 Å². The molecule has 0 fully saturated rings. The van der Waals surface area contributed by atoms with Gasteiger partial charge >= 0.3 is 5.97 Å². The van der Waals surface area contributed by atoms with E-state index in [4.69, 9.17) is 0 Å². The van der Waals surface area contributed by atoms with Gasteiger partial charge in [-0.2, -0.15) is 0 Å². The number of carboxylic acids is 1. The number of hydrogen-bond acceptors (Lipinski definition) is 5. The number of thiazole rings is 1. The van der Waals surface area contributed by atoms with Crippen molar-refractivity contribution < 1.29 is 9.90 Å². The van der Waals surface area contributed by atoms with Crippen molar-refractivity contribution in [3.8, 4) is 0 Å². The fourth-order valence-electron chi connectivity index (χ4n) is 2.04. The Balaban J connectivity index is 2.46. The molecule has 1 aromatic rings. The summed E-state index contributed by atoms with van der Waals surface area (Å²) in [5.41, 5.74) is -0.794. The Morgan fingerprint density at radius 3 is 2.84 bits per heavy atom. The Morgan fingerprint density at radius 2 is 2.37 bits per heavy atom. The normalized spacial score (nSPS) is 14.5. The van der Waals surface area contributed by atoms with Gasteiger partial charge in [0, 0.05) is 23.4 Å². The van der Waals surface area contributed by atoms with Gasteiger partial charge in [0.05, 0.1) is 0 Å². The number of thioether (sulfide) groups is 1. The number of carboxylic acid groups (broad SMARTS) is 1. The zero-order valence-electron chi connectivity index (χ0n) is 11.7. The number of nitrogens with zero attached hydrogens (tertiary/aromatic N) is 1. The smallest absolute Gasteiger partial charge is 0.323 e. The van der Waals surface area contributed by atoms with Crippen LogP contribution in [0.2, 0.25) is 0 Å². The lowest BCUT2D eigenvalue weighted by Gasteiger charge is -2.31. The van der Waals surface area contributed by atoms with Gasteiger partial charge in [0.15, 0.2) is 0 Å². The van der Waals surface area contributed by atoms with E-state index < -0.39 is 11.5 Å². The van der Waals surface area contributed by atoms with Gasteiger partial charge in [-0.3, -0.25) is 10.1 Å². The van der Waals surface area contributed by atoms with Crippen LogP contribution in [0, 0.1) is 0 Å². The molecule has 19 heavy (non-hydrogen) atoms. The molecule has 6 heteroatoms. The SMILES string of the molecule is CCC(CCCSc1nccs1)(NC(C)C)C(=O)O. The van der Waals surface area contributed by atoms with Gasteiger partial charge in [-0.05, 0) is 33.1 Å². The highest BCUT2D eigenvalue weighted by atomic mass is 32.2. The molecule has 1 atom stereocenters. The molecule has 0 aliphatic heterocycles. The Morgan fingerprint density at radius 1 is 1.63 bits per heavy atom. The quantitative estimate of drug-likeness (QED) is 0.541. The van der Waals surface area contributed by atoms with Gasteiger partial charge in [-0.1, -0.05) is 18.7 Å². The van der Waals surface area contributed by atoms with Crippen LogP contribution in [-0.2, 0) is 4.79 Å². The molecule has 1 aromatic heterocycles. The average molecular weight is 302 g/mol. The molecule has 0 bridgehead atoms. The number of nitrogens with one attached hydrogen (secondary N) is 1. The second-order valence-corrected chi connectivity index (χ2v) is 7.03. The van der Waals surface area contributed by atoms with Gasteiger partial charge in [0.1, 0.15) is 9.88 Å². The van der Waals surface area contributed by atoms with E-state index in [1.54, 1.807) is 29.3 Å². The van der Waals surface area contributed by atoms with E-state index in [9.17, 15) is 9.90 Å². The number of aliphatic carboxylic acids is 1. The zero-order chi connectivity index (χ0) is 14.3. The molecule has 0 aliphatic carbocycles. The van der Waals surface area contributed by atoms with Gasteiger partial charge in [0.2, 0.25) is 0 Å². The van der Waals surface area contributed by atoms with Crippen molar-refractivity contribution in [1.29, 1.82) is 0 Å². The fraction of sp³-hybridized carbons (Fsp3) is 0.692. The summed E-state index contributed by atoms with van der Waals surface area (Å²) in [5, 5.41) is 14.6. The van der Waals surface area contributed by atoms with Crippen LogP contribution in [-0.4, -0.2) is 33.4 Å². The summed E-state index contributed by atoms with van der Waals surface area (Å²) >= 11 is 3.32. The summed E-state index contributed by atoms with van der Waals surface area (Å²) in [4.78, 5) is 15.7. The topological polar surface area (TPSA) is 62.2 Å². The molecule has 0 aliphatic rings. The maximum Gasteiger partial charge on any atom is 0.323 e. The van der Waals surface area contributed by atoms with Crippen LogP contribution in [0.4, 0.5) is 0 Å². The standard InChI is InChI=1S/C13H22N2O2S2/c1-4-13(11(16)17,15-10(2)3)6-5-8-18-12-14-7-9-19-12/h7,9-10,15H,4-6,8H2,1-3H3,(H,16,17). The lowest BCUT2D eigenvalue weighted by atomic mass is 9.90. The molecule has 0 spiro atoms. The minimum absolute atomic E-state index is 0.169. The largest absolute Gasteiger partial charge is 0.480 e. The summed E-state index contributed by atoms with van der Waals surface area (Å²) in [6, 6.07) is 0.169. The highest BCUT2D eigenvalue weighted by Crippen LogP contribution is 2.25. The minimum Gasteiger partial charge on any atom is -0.480 e. The van der Waals surface area contributed by atoms with E-state index in [-0.39, 0.29) is 6.04 Å². The number of hydrogen-bond donors (Lipinski definition) is 2. The summed E-state index contributed by atoms with van der Waals surface area (Å²) in [7, 11) is 0. The monoisotopic (exact) mass is 302 g/mol. The number of carbonyl (C=O) groups is 1. The predicted molar refractivity (Wildman–Crippen MR) is 81.0 cm³/mol. The number of rotatable bonds is 9. The summed E-state index contributed by atoms with van der Waals surface area (Å²) in [6.07, 6.45) is 3.91. The Labute approximate surface area is 123 Å². The first kappa shape index (κ1) is 16.5. The Kier molecular flexibility index (Phi) is 6.82.